The highest BCUT2D eigenvalue weighted by Crippen LogP contribution is 2.33. The van der Waals surface area contributed by atoms with Gasteiger partial charge in [0.2, 0.25) is 0 Å². The van der Waals surface area contributed by atoms with Crippen molar-refractivity contribution in [3.63, 3.8) is 0 Å². The molecule has 1 atom stereocenters. The molecule has 1 aliphatic heterocycles. The first-order chi connectivity index (χ1) is 9.92. The van der Waals surface area contributed by atoms with Gasteiger partial charge in [0.25, 0.3) is 0 Å². The van der Waals surface area contributed by atoms with Crippen molar-refractivity contribution in [2.24, 2.45) is 5.73 Å². The molecule has 0 saturated carbocycles. The molecule has 118 valence electrons. The van der Waals surface area contributed by atoms with Crippen molar-refractivity contribution in [2.45, 2.75) is 58.2 Å². The second-order valence-electron chi connectivity index (χ2n) is 6.49. The summed E-state index contributed by atoms with van der Waals surface area (Å²) in [6, 6.07) is 0.0557. The molecular weight excluding hydrogens is 268 g/mol. The van der Waals surface area contributed by atoms with Crippen molar-refractivity contribution in [1.82, 2.24) is 14.5 Å². The molecule has 1 amide bonds. The highest BCUT2D eigenvalue weighted by atomic mass is 16.6. The molecule has 0 bridgehead atoms. The molecule has 1 saturated heterocycles. The normalized spacial score (nSPS) is 19.0. The van der Waals surface area contributed by atoms with Gasteiger partial charge < -0.3 is 15.0 Å². The van der Waals surface area contributed by atoms with Gasteiger partial charge in [0.1, 0.15) is 5.60 Å². The Morgan fingerprint density at radius 1 is 1.52 bits per heavy atom. The van der Waals surface area contributed by atoms with Crippen molar-refractivity contribution in [3.05, 3.63) is 18.2 Å². The Labute approximate surface area is 126 Å². The molecule has 1 aromatic heterocycles. The Hall–Kier alpha value is -1.56. The van der Waals surface area contributed by atoms with Crippen molar-refractivity contribution < 1.29 is 9.53 Å². The van der Waals surface area contributed by atoms with Gasteiger partial charge in [-0.15, -0.1) is 0 Å². The molecule has 1 aliphatic rings. The van der Waals surface area contributed by atoms with Crippen LogP contribution in [0.4, 0.5) is 4.79 Å². The zero-order valence-corrected chi connectivity index (χ0v) is 13.2. The second kappa shape index (κ2) is 6.47. The number of hydrogen-bond acceptors (Lipinski definition) is 4. The maximum Gasteiger partial charge on any atom is 0.410 e. The van der Waals surface area contributed by atoms with Gasteiger partial charge >= 0.3 is 6.09 Å². The van der Waals surface area contributed by atoms with Crippen molar-refractivity contribution in [3.8, 4) is 0 Å². The first-order valence-corrected chi connectivity index (χ1v) is 7.62. The first-order valence-electron chi connectivity index (χ1n) is 7.62. The number of carbonyl (C=O) groups is 1. The zero-order chi connectivity index (χ0) is 15.5. The van der Waals surface area contributed by atoms with Crippen LogP contribution in [0.3, 0.4) is 0 Å². The van der Waals surface area contributed by atoms with Crippen LogP contribution >= 0.6 is 0 Å². The lowest BCUT2D eigenvalue weighted by Gasteiger charge is -2.29. The number of rotatable bonds is 4. The number of carbonyl (C=O) groups excluding carboxylic acids is 1. The number of imidazole rings is 1. The smallest absolute Gasteiger partial charge is 0.410 e. The summed E-state index contributed by atoms with van der Waals surface area (Å²) in [6.07, 6.45) is 6.28. The monoisotopic (exact) mass is 294 g/mol. The number of likely N-dealkylation sites (tertiary alicyclic amines) is 1. The molecule has 0 spiro atoms. The molecule has 2 N–H and O–H groups in total. The number of nitrogens with two attached hydrogens (primary N) is 1. The molecule has 1 aromatic rings. The van der Waals surface area contributed by atoms with E-state index < -0.39 is 5.60 Å². The van der Waals surface area contributed by atoms with Crippen molar-refractivity contribution >= 4 is 6.09 Å². The van der Waals surface area contributed by atoms with Gasteiger partial charge in [0.05, 0.1) is 24.3 Å². The van der Waals surface area contributed by atoms with Crippen LogP contribution in [-0.4, -0.2) is 39.2 Å². The maximum absolute atomic E-state index is 12.3. The van der Waals surface area contributed by atoms with Crippen LogP contribution in [0.15, 0.2) is 12.5 Å². The van der Waals surface area contributed by atoms with Gasteiger partial charge in [0, 0.05) is 13.1 Å². The van der Waals surface area contributed by atoms with Crippen molar-refractivity contribution in [2.75, 3.05) is 13.1 Å². The molecule has 0 radical (unpaired) electrons. The molecule has 0 aliphatic carbocycles. The summed E-state index contributed by atoms with van der Waals surface area (Å²) in [5.74, 6) is 0. The SMILES string of the molecule is CC(C)(C)OC(=O)N1CCC[C@H]1c1cncn1CCCN. The van der Waals surface area contributed by atoms with E-state index in [1.54, 1.807) is 0 Å². The predicted octanol–water partition coefficient (Wildman–Crippen LogP) is 2.30. The highest BCUT2D eigenvalue weighted by molar-refractivity contribution is 5.69. The lowest BCUT2D eigenvalue weighted by Crippen LogP contribution is -2.37. The summed E-state index contributed by atoms with van der Waals surface area (Å²) < 4.78 is 7.61. The fourth-order valence-corrected chi connectivity index (χ4v) is 2.67. The number of nitrogens with zero attached hydrogens (tertiary/aromatic N) is 3. The van der Waals surface area contributed by atoms with Gasteiger partial charge in [-0.25, -0.2) is 9.78 Å². The third kappa shape index (κ3) is 3.97. The van der Waals surface area contributed by atoms with E-state index in [1.165, 1.54) is 0 Å². The summed E-state index contributed by atoms with van der Waals surface area (Å²) >= 11 is 0. The van der Waals surface area contributed by atoms with E-state index >= 15 is 0 Å². The average Bonchev–Trinajstić information content (AvgIpc) is 3.02. The number of aryl methyl sites for hydroxylation is 1. The Bertz CT molecular complexity index is 478. The van der Waals surface area contributed by atoms with E-state index in [0.717, 1.165) is 38.0 Å². The van der Waals surface area contributed by atoms with Crippen molar-refractivity contribution in [1.29, 1.82) is 0 Å². The fraction of sp³-hybridized carbons (Fsp3) is 0.733. The summed E-state index contributed by atoms with van der Waals surface area (Å²) in [5, 5.41) is 0. The molecule has 0 unspecified atom stereocenters. The lowest BCUT2D eigenvalue weighted by atomic mass is 10.1. The molecule has 6 nitrogen and oxygen atoms in total. The minimum absolute atomic E-state index is 0.0557. The van der Waals surface area contributed by atoms with E-state index in [2.05, 4.69) is 9.55 Å². The maximum atomic E-state index is 12.3. The summed E-state index contributed by atoms with van der Waals surface area (Å²) in [7, 11) is 0. The van der Waals surface area contributed by atoms with E-state index in [0.29, 0.717) is 6.54 Å². The largest absolute Gasteiger partial charge is 0.444 e. The third-order valence-corrected chi connectivity index (χ3v) is 3.57. The third-order valence-electron chi connectivity index (χ3n) is 3.57. The number of amides is 1. The minimum Gasteiger partial charge on any atom is -0.444 e. The number of ether oxygens (including phenoxy) is 1. The van der Waals surface area contributed by atoms with Crippen LogP contribution in [-0.2, 0) is 11.3 Å². The molecule has 0 aromatic carbocycles. The quantitative estimate of drug-likeness (QED) is 0.924. The number of hydrogen-bond donors (Lipinski definition) is 1. The molecule has 21 heavy (non-hydrogen) atoms. The Morgan fingerprint density at radius 3 is 2.95 bits per heavy atom. The Balaban J connectivity index is 2.11. The summed E-state index contributed by atoms with van der Waals surface area (Å²) in [5.41, 5.74) is 6.18. The van der Waals surface area contributed by atoms with Gasteiger partial charge in [-0.2, -0.15) is 0 Å². The van der Waals surface area contributed by atoms with Crippen LogP contribution in [0.25, 0.3) is 0 Å². The molecule has 6 heteroatoms. The van der Waals surface area contributed by atoms with E-state index in [1.807, 2.05) is 38.2 Å². The summed E-state index contributed by atoms with van der Waals surface area (Å²) in [6.45, 7) is 7.90. The van der Waals surface area contributed by atoms with Crippen LogP contribution in [0, 0.1) is 0 Å². The molecule has 2 heterocycles. The Kier molecular flexibility index (Phi) is 4.88. The minimum atomic E-state index is -0.468. The first kappa shape index (κ1) is 15.8. The lowest BCUT2D eigenvalue weighted by molar-refractivity contribution is 0.0219. The number of aromatic nitrogens is 2. The standard InChI is InChI=1S/C15H26N4O2/c1-15(2,3)21-14(20)19-9-4-6-12(19)13-10-17-11-18(13)8-5-7-16/h10-12H,4-9,16H2,1-3H3/t12-/m0/s1. The van der Waals surface area contributed by atoms with E-state index in [4.69, 9.17) is 10.5 Å². The van der Waals surface area contributed by atoms with E-state index in [-0.39, 0.29) is 12.1 Å². The second-order valence-corrected chi connectivity index (χ2v) is 6.49. The fourth-order valence-electron chi connectivity index (χ4n) is 2.67. The molecule has 2 rings (SSSR count). The topological polar surface area (TPSA) is 73.4 Å². The van der Waals surface area contributed by atoms with Crippen LogP contribution < -0.4 is 5.73 Å². The van der Waals surface area contributed by atoms with Crippen LogP contribution in [0.1, 0.15) is 51.8 Å². The average molecular weight is 294 g/mol. The summed E-state index contributed by atoms with van der Waals surface area (Å²) in [4.78, 5) is 18.4. The highest BCUT2D eigenvalue weighted by Gasteiger charge is 2.34. The predicted molar refractivity (Wildman–Crippen MR) is 80.8 cm³/mol. The van der Waals surface area contributed by atoms with Gasteiger partial charge in [0.15, 0.2) is 0 Å². The van der Waals surface area contributed by atoms with Gasteiger partial charge in [-0.05, 0) is 46.6 Å². The van der Waals surface area contributed by atoms with Gasteiger partial charge in [-0.3, -0.25) is 4.90 Å². The molecular formula is C15H26N4O2. The van der Waals surface area contributed by atoms with Crippen LogP contribution in [0.5, 0.6) is 0 Å². The van der Waals surface area contributed by atoms with E-state index in [9.17, 15) is 4.79 Å². The Morgan fingerprint density at radius 2 is 2.29 bits per heavy atom. The van der Waals surface area contributed by atoms with Gasteiger partial charge in [-0.1, -0.05) is 0 Å². The van der Waals surface area contributed by atoms with Crippen LogP contribution in [0.2, 0.25) is 0 Å². The zero-order valence-electron chi connectivity index (χ0n) is 13.2. The molecule has 1 fully saturated rings.